The summed E-state index contributed by atoms with van der Waals surface area (Å²) in [6.07, 6.45) is 3.83. The topological polar surface area (TPSA) is 46.5 Å². The van der Waals surface area contributed by atoms with Crippen molar-refractivity contribution in [1.82, 2.24) is 0 Å². The summed E-state index contributed by atoms with van der Waals surface area (Å²) in [5, 5.41) is 12.0. The Bertz CT molecular complexity index is 731. The molecular weight excluding hydrogens is 264 g/mol. The lowest BCUT2D eigenvalue weighted by Gasteiger charge is -2.26. The maximum Gasteiger partial charge on any atom is 0.335 e. The first-order valence-corrected chi connectivity index (χ1v) is 7.21. The second kappa shape index (κ2) is 5.24. The fourth-order valence-corrected chi connectivity index (χ4v) is 3.08. The molecule has 3 nitrogen and oxygen atoms in total. The molecule has 21 heavy (non-hydrogen) atoms. The lowest BCUT2D eigenvalue weighted by molar-refractivity contribution is -0.128. The highest BCUT2D eigenvalue weighted by atomic mass is 16.5. The van der Waals surface area contributed by atoms with E-state index in [0.717, 1.165) is 41.2 Å². The SMILES string of the molecule is C=CC(=O)Oc1c2c(c(O)c3ccccc13)CCC(C)C2. The zero-order valence-corrected chi connectivity index (χ0v) is 12.1. The third-order valence-electron chi connectivity index (χ3n) is 4.16. The molecule has 1 unspecified atom stereocenters. The van der Waals surface area contributed by atoms with Crippen LogP contribution in [0.2, 0.25) is 0 Å². The first-order valence-electron chi connectivity index (χ1n) is 7.21. The minimum absolute atomic E-state index is 0.325. The molecule has 0 heterocycles. The monoisotopic (exact) mass is 282 g/mol. The quantitative estimate of drug-likeness (QED) is 0.518. The fraction of sp³-hybridized carbons (Fsp3) is 0.278. The zero-order valence-electron chi connectivity index (χ0n) is 12.1. The number of esters is 1. The van der Waals surface area contributed by atoms with Gasteiger partial charge in [-0.3, -0.25) is 0 Å². The van der Waals surface area contributed by atoms with Crippen molar-refractivity contribution in [3.63, 3.8) is 0 Å². The highest BCUT2D eigenvalue weighted by Gasteiger charge is 2.26. The Morgan fingerprint density at radius 2 is 2.05 bits per heavy atom. The summed E-state index contributed by atoms with van der Waals surface area (Å²) in [4.78, 5) is 11.7. The molecule has 0 saturated carbocycles. The lowest BCUT2D eigenvalue weighted by atomic mass is 9.82. The summed E-state index contributed by atoms with van der Waals surface area (Å²) in [6, 6.07) is 7.49. The highest BCUT2D eigenvalue weighted by molar-refractivity contribution is 5.98. The summed E-state index contributed by atoms with van der Waals surface area (Å²) < 4.78 is 5.51. The van der Waals surface area contributed by atoms with E-state index in [4.69, 9.17) is 4.74 Å². The number of rotatable bonds is 2. The molecule has 0 aromatic heterocycles. The number of hydrogen-bond donors (Lipinski definition) is 1. The van der Waals surface area contributed by atoms with E-state index in [2.05, 4.69) is 13.5 Å². The highest BCUT2D eigenvalue weighted by Crippen LogP contribution is 2.44. The third kappa shape index (κ3) is 2.29. The number of phenols is 1. The number of phenolic OH excluding ortho intramolecular Hbond substituents is 1. The molecule has 1 N–H and O–H groups in total. The first kappa shape index (κ1) is 13.7. The molecule has 1 atom stereocenters. The molecule has 3 heteroatoms. The van der Waals surface area contributed by atoms with Crippen molar-refractivity contribution in [3.8, 4) is 11.5 Å². The van der Waals surface area contributed by atoms with Gasteiger partial charge in [-0.2, -0.15) is 0 Å². The summed E-state index contributed by atoms with van der Waals surface area (Å²) in [5.41, 5.74) is 1.87. The van der Waals surface area contributed by atoms with E-state index < -0.39 is 5.97 Å². The number of hydrogen-bond acceptors (Lipinski definition) is 3. The van der Waals surface area contributed by atoms with E-state index in [1.54, 1.807) is 0 Å². The smallest absolute Gasteiger partial charge is 0.335 e. The third-order valence-corrected chi connectivity index (χ3v) is 4.16. The largest absolute Gasteiger partial charge is 0.507 e. The van der Waals surface area contributed by atoms with Gasteiger partial charge < -0.3 is 9.84 Å². The Morgan fingerprint density at radius 3 is 2.76 bits per heavy atom. The van der Waals surface area contributed by atoms with Crippen molar-refractivity contribution in [2.45, 2.75) is 26.2 Å². The molecule has 0 fully saturated rings. The van der Waals surface area contributed by atoms with Gasteiger partial charge in [0.1, 0.15) is 11.5 Å². The van der Waals surface area contributed by atoms with Crippen LogP contribution in [0.25, 0.3) is 10.8 Å². The molecule has 108 valence electrons. The van der Waals surface area contributed by atoms with E-state index in [1.165, 1.54) is 6.08 Å². The summed E-state index contributed by atoms with van der Waals surface area (Å²) in [5.74, 6) is 0.950. The number of carbonyl (C=O) groups is 1. The lowest BCUT2D eigenvalue weighted by Crippen LogP contribution is -2.15. The molecule has 2 aromatic carbocycles. The van der Waals surface area contributed by atoms with Gasteiger partial charge in [0, 0.05) is 28.0 Å². The number of aromatic hydroxyl groups is 1. The maximum atomic E-state index is 11.7. The van der Waals surface area contributed by atoms with Crippen LogP contribution in [0.3, 0.4) is 0 Å². The van der Waals surface area contributed by atoms with Crippen molar-refractivity contribution in [1.29, 1.82) is 0 Å². The molecule has 3 rings (SSSR count). The predicted molar refractivity (Wildman–Crippen MR) is 82.6 cm³/mol. The maximum absolute atomic E-state index is 11.7. The van der Waals surface area contributed by atoms with E-state index in [0.29, 0.717) is 17.4 Å². The molecule has 0 bridgehead atoms. The molecule has 0 spiro atoms. The second-order valence-corrected chi connectivity index (χ2v) is 5.65. The molecule has 0 radical (unpaired) electrons. The van der Waals surface area contributed by atoms with Crippen LogP contribution in [0.15, 0.2) is 36.9 Å². The standard InChI is InChI=1S/C18H18O3/c1-3-16(19)21-18-14-7-5-4-6-12(14)17(20)13-9-8-11(2)10-15(13)18/h3-7,11,20H,1,8-10H2,2H3. The van der Waals surface area contributed by atoms with Crippen LogP contribution in [0.1, 0.15) is 24.5 Å². The van der Waals surface area contributed by atoms with Crippen LogP contribution in [-0.2, 0) is 17.6 Å². The van der Waals surface area contributed by atoms with E-state index in [-0.39, 0.29) is 0 Å². The van der Waals surface area contributed by atoms with Crippen LogP contribution in [0.4, 0.5) is 0 Å². The van der Waals surface area contributed by atoms with Crippen LogP contribution >= 0.6 is 0 Å². The van der Waals surface area contributed by atoms with Gasteiger partial charge >= 0.3 is 5.97 Å². The van der Waals surface area contributed by atoms with Crippen molar-refractivity contribution < 1.29 is 14.6 Å². The minimum atomic E-state index is -0.466. The first-order chi connectivity index (χ1) is 10.1. The molecule has 1 aliphatic carbocycles. The van der Waals surface area contributed by atoms with E-state index in [1.807, 2.05) is 24.3 Å². The minimum Gasteiger partial charge on any atom is -0.507 e. The van der Waals surface area contributed by atoms with Crippen molar-refractivity contribution >= 4 is 16.7 Å². The Kier molecular flexibility index (Phi) is 3.42. The molecule has 1 aliphatic rings. The Morgan fingerprint density at radius 1 is 1.33 bits per heavy atom. The van der Waals surface area contributed by atoms with Crippen LogP contribution < -0.4 is 4.74 Å². The summed E-state index contributed by atoms with van der Waals surface area (Å²) >= 11 is 0. The average molecular weight is 282 g/mol. The molecule has 0 saturated heterocycles. The van der Waals surface area contributed by atoms with Gasteiger partial charge in [0.2, 0.25) is 0 Å². The van der Waals surface area contributed by atoms with Gasteiger partial charge in [-0.1, -0.05) is 37.8 Å². The van der Waals surface area contributed by atoms with Crippen LogP contribution in [0, 0.1) is 5.92 Å². The molecule has 0 amide bonds. The van der Waals surface area contributed by atoms with Gasteiger partial charge in [0.15, 0.2) is 0 Å². The van der Waals surface area contributed by atoms with E-state index >= 15 is 0 Å². The van der Waals surface area contributed by atoms with Crippen LogP contribution in [0.5, 0.6) is 11.5 Å². The van der Waals surface area contributed by atoms with Gasteiger partial charge in [-0.15, -0.1) is 0 Å². The number of fused-ring (bicyclic) bond motifs is 2. The predicted octanol–water partition coefficient (Wildman–Crippen LogP) is 3.76. The summed E-state index contributed by atoms with van der Waals surface area (Å²) in [7, 11) is 0. The Labute approximate surface area is 123 Å². The fourth-order valence-electron chi connectivity index (χ4n) is 3.08. The van der Waals surface area contributed by atoms with Crippen molar-refractivity contribution in [2.75, 3.05) is 0 Å². The van der Waals surface area contributed by atoms with Crippen LogP contribution in [-0.4, -0.2) is 11.1 Å². The number of benzene rings is 2. The molecular formula is C18H18O3. The van der Waals surface area contributed by atoms with Gasteiger partial charge in [-0.25, -0.2) is 4.79 Å². The van der Waals surface area contributed by atoms with Gasteiger partial charge in [-0.05, 0) is 25.2 Å². The van der Waals surface area contributed by atoms with Gasteiger partial charge in [0.25, 0.3) is 0 Å². The van der Waals surface area contributed by atoms with Crippen molar-refractivity contribution in [3.05, 3.63) is 48.0 Å². The van der Waals surface area contributed by atoms with Gasteiger partial charge in [0.05, 0.1) is 0 Å². The number of ether oxygens (including phenoxy) is 1. The number of carbonyl (C=O) groups excluding carboxylic acids is 1. The zero-order chi connectivity index (χ0) is 15.0. The summed E-state index contributed by atoms with van der Waals surface area (Å²) in [6.45, 7) is 5.63. The molecule has 0 aliphatic heterocycles. The second-order valence-electron chi connectivity index (χ2n) is 5.65. The average Bonchev–Trinajstić information content (AvgIpc) is 2.51. The normalized spacial score (nSPS) is 17.3. The van der Waals surface area contributed by atoms with Crippen molar-refractivity contribution in [2.24, 2.45) is 5.92 Å². The Hall–Kier alpha value is -2.29. The van der Waals surface area contributed by atoms with E-state index in [9.17, 15) is 9.90 Å². The molecule has 2 aromatic rings. The Balaban J connectivity index is 2.30.